The Bertz CT molecular complexity index is 458. The predicted octanol–water partition coefficient (Wildman–Crippen LogP) is 1.68. The van der Waals surface area contributed by atoms with Gasteiger partial charge in [-0.2, -0.15) is 0 Å². The SMILES string of the molecule is Cl.NCCCC(=O)Nc1ccc(C(=O)NC2CC2)cc1. The molecule has 2 rings (SSSR count). The number of rotatable bonds is 6. The summed E-state index contributed by atoms with van der Waals surface area (Å²) in [5.74, 6) is -0.107. The first kappa shape index (κ1) is 16.5. The molecule has 0 saturated heterocycles. The van der Waals surface area contributed by atoms with Crippen LogP contribution in [0.15, 0.2) is 24.3 Å². The summed E-state index contributed by atoms with van der Waals surface area (Å²) in [6.45, 7) is 0.508. The van der Waals surface area contributed by atoms with Gasteiger partial charge >= 0.3 is 0 Å². The first-order valence-electron chi connectivity index (χ1n) is 6.60. The minimum atomic E-state index is -0.0550. The van der Waals surface area contributed by atoms with Gasteiger partial charge in [-0.25, -0.2) is 0 Å². The van der Waals surface area contributed by atoms with E-state index in [9.17, 15) is 9.59 Å². The summed E-state index contributed by atoms with van der Waals surface area (Å²) in [6, 6.07) is 7.26. The maximum absolute atomic E-state index is 11.8. The van der Waals surface area contributed by atoms with Crippen LogP contribution in [-0.2, 0) is 4.79 Å². The molecule has 2 amide bonds. The molecule has 0 atom stereocenters. The highest BCUT2D eigenvalue weighted by molar-refractivity contribution is 5.96. The van der Waals surface area contributed by atoms with Gasteiger partial charge in [0.25, 0.3) is 5.91 Å². The summed E-state index contributed by atoms with van der Waals surface area (Å²) in [7, 11) is 0. The molecule has 0 heterocycles. The molecule has 0 unspecified atom stereocenters. The van der Waals surface area contributed by atoms with Crippen LogP contribution in [0.1, 0.15) is 36.0 Å². The van der Waals surface area contributed by atoms with Crippen molar-refractivity contribution in [2.75, 3.05) is 11.9 Å². The lowest BCUT2D eigenvalue weighted by atomic mass is 10.2. The molecule has 1 aromatic rings. The zero-order valence-electron chi connectivity index (χ0n) is 11.2. The number of amides is 2. The number of benzene rings is 1. The van der Waals surface area contributed by atoms with E-state index in [1.165, 1.54) is 0 Å². The molecule has 0 aliphatic heterocycles. The Kier molecular flexibility index (Phi) is 6.48. The van der Waals surface area contributed by atoms with Gasteiger partial charge in [0.1, 0.15) is 0 Å². The average Bonchev–Trinajstić information content (AvgIpc) is 3.21. The minimum absolute atomic E-state index is 0. The Morgan fingerprint density at radius 3 is 2.40 bits per heavy atom. The van der Waals surface area contributed by atoms with Crippen molar-refractivity contribution in [3.05, 3.63) is 29.8 Å². The number of nitrogens with one attached hydrogen (secondary N) is 2. The van der Waals surface area contributed by atoms with Gasteiger partial charge in [-0.15, -0.1) is 12.4 Å². The molecule has 0 bridgehead atoms. The Hall–Kier alpha value is -1.59. The van der Waals surface area contributed by atoms with E-state index in [0.717, 1.165) is 12.8 Å². The van der Waals surface area contributed by atoms with E-state index in [1.807, 2.05) is 0 Å². The van der Waals surface area contributed by atoms with Crippen molar-refractivity contribution in [2.24, 2.45) is 5.73 Å². The van der Waals surface area contributed by atoms with Crippen molar-refractivity contribution < 1.29 is 9.59 Å². The van der Waals surface area contributed by atoms with Gasteiger partial charge in [-0.05, 0) is 50.1 Å². The van der Waals surface area contributed by atoms with Crippen LogP contribution in [0.3, 0.4) is 0 Å². The normalized spacial score (nSPS) is 13.2. The Morgan fingerprint density at radius 1 is 1.20 bits per heavy atom. The van der Waals surface area contributed by atoms with E-state index in [-0.39, 0.29) is 24.2 Å². The van der Waals surface area contributed by atoms with E-state index in [1.54, 1.807) is 24.3 Å². The number of anilines is 1. The highest BCUT2D eigenvalue weighted by atomic mass is 35.5. The molecule has 20 heavy (non-hydrogen) atoms. The smallest absolute Gasteiger partial charge is 0.251 e. The Morgan fingerprint density at radius 2 is 1.85 bits per heavy atom. The van der Waals surface area contributed by atoms with E-state index in [0.29, 0.717) is 36.7 Å². The van der Waals surface area contributed by atoms with Crippen molar-refractivity contribution in [3.8, 4) is 0 Å². The van der Waals surface area contributed by atoms with Gasteiger partial charge in [0.2, 0.25) is 5.91 Å². The van der Waals surface area contributed by atoms with Crippen LogP contribution < -0.4 is 16.4 Å². The highest BCUT2D eigenvalue weighted by Gasteiger charge is 2.23. The molecule has 4 N–H and O–H groups in total. The first-order chi connectivity index (χ1) is 9.19. The number of carbonyl (C=O) groups is 2. The second-order valence-electron chi connectivity index (χ2n) is 4.77. The predicted molar refractivity (Wildman–Crippen MR) is 81.1 cm³/mol. The summed E-state index contributed by atoms with van der Waals surface area (Å²) in [5.41, 5.74) is 6.66. The summed E-state index contributed by atoms with van der Waals surface area (Å²) in [6.07, 6.45) is 3.23. The van der Waals surface area contributed by atoms with Crippen LogP contribution in [0, 0.1) is 0 Å². The van der Waals surface area contributed by atoms with Crippen molar-refractivity contribution in [3.63, 3.8) is 0 Å². The second kappa shape index (κ2) is 7.87. The molecule has 5 nitrogen and oxygen atoms in total. The quantitative estimate of drug-likeness (QED) is 0.747. The zero-order valence-corrected chi connectivity index (χ0v) is 12.0. The number of carbonyl (C=O) groups excluding carboxylic acids is 2. The van der Waals surface area contributed by atoms with Gasteiger partial charge in [0.05, 0.1) is 0 Å². The van der Waals surface area contributed by atoms with Crippen molar-refractivity contribution in [1.82, 2.24) is 5.32 Å². The van der Waals surface area contributed by atoms with E-state index >= 15 is 0 Å². The lowest BCUT2D eigenvalue weighted by molar-refractivity contribution is -0.116. The number of hydrogen-bond donors (Lipinski definition) is 3. The van der Waals surface area contributed by atoms with Crippen LogP contribution in [0.5, 0.6) is 0 Å². The molecule has 1 aliphatic rings. The molecule has 1 aromatic carbocycles. The van der Waals surface area contributed by atoms with Crippen molar-refractivity contribution in [1.29, 1.82) is 0 Å². The lowest BCUT2D eigenvalue weighted by Crippen LogP contribution is -2.25. The first-order valence-corrected chi connectivity index (χ1v) is 6.60. The number of halogens is 1. The lowest BCUT2D eigenvalue weighted by Gasteiger charge is -2.06. The van der Waals surface area contributed by atoms with Gasteiger partial charge in [0, 0.05) is 23.7 Å². The summed E-state index contributed by atoms with van der Waals surface area (Å²) < 4.78 is 0. The van der Waals surface area contributed by atoms with E-state index in [2.05, 4.69) is 10.6 Å². The monoisotopic (exact) mass is 297 g/mol. The maximum Gasteiger partial charge on any atom is 0.251 e. The van der Waals surface area contributed by atoms with Crippen LogP contribution in [0.25, 0.3) is 0 Å². The standard InChI is InChI=1S/C14H19N3O2.ClH/c15-9-1-2-13(18)16-11-5-3-10(4-6-11)14(19)17-12-7-8-12;/h3-6,12H,1-2,7-9,15H2,(H,16,18)(H,17,19);1H. The Balaban J connectivity index is 0.00000200. The fourth-order valence-electron chi connectivity index (χ4n) is 1.69. The molecule has 6 heteroatoms. The van der Waals surface area contributed by atoms with Gasteiger partial charge in [-0.3, -0.25) is 9.59 Å². The number of hydrogen-bond acceptors (Lipinski definition) is 3. The van der Waals surface area contributed by atoms with E-state index in [4.69, 9.17) is 5.73 Å². The Labute approximate surface area is 124 Å². The van der Waals surface area contributed by atoms with E-state index < -0.39 is 0 Å². The molecule has 0 spiro atoms. The molecule has 1 saturated carbocycles. The van der Waals surface area contributed by atoms with Gasteiger partial charge in [-0.1, -0.05) is 0 Å². The van der Waals surface area contributed by atoms with Gasteiger partial charge in [0.15, 0.2) is 0 Å². The summed E-state index contributed by atoms with van der Waals surface area (Å²) in [4.78, 5) is 23.3. The van der Waals surface area contributed by atoms with Crippen LogP contribution >= 0.6 is 12.4 Å². The summed E-state index contributed by atoms with van der Waals surface area (Å²) in [5, 5.41) is 5.69. The highest BCUT2D eigenvalue weighted by Crippen LogP contribution is 2.19. The fraction of sp³-hybridized carbons (Fsp3) is 0.429. The van der Waals surface area contributed by atoms with Crippen LogP contribution in [0.2, 0.25) is 0 Å². The molecular weight excluding hydrogens is 278 g/mol. The topological polar surface area (TPSA) is 84.2 Å². The zero-order chi connectivity index (χ0) is 13.7. The minimum Gasteiger partial charge on any atom is -0.349 e. The largest absolute Gasteiger partial charge is 0.349 e. The second-order valence-corrected chi connectivity index (χ2v) is 4.77. The molecular formula is C14H20ClN3O2. The molecule has 1 fully saturated rings. The molecule has 1 aliphatic carbocycles. The third-order valence-electron chi connectivity index (χ3n) is 2.95. The van der Waals surface area contributed by atoms with Crippen molar-refractivity contribution >= 4 is 29.9 Å². The molecule has 0 aromatic heterocycles. The molecule has 0 radical (unpaired) electrons. The summed E-state index contributed by atoms with van der Waals surface area (Å²) >= 11 is 0. The maximum atomic E-state index is 11.8. The van der Waals surface area contributed by atoms with Crippen LogP contribution in [0.4, 0.5) is 5.69 Å². The third-order valence-corrected chi connectivity index (χ3v) is 2.95. The average molecular weight is 298 g/mol. The molecule has 110 valence electrons. The van der Waals surface area contributed by atoms with Crippen LogP contribution in [-0.4, -0.2) is 24.4 Å². The third kappa shape index (κ3) is 5.19. The fourth-order valence-corrected chi connectivity index (χ4v) is 1.69. The van der Waals surface area contributed by atoms with Crippen molar-refractivity contribution in [2.45, 2.75) is 31.7 Å². The van der Waals surface area contributed by atoms with Gasteiger partial charge < -0.3 is 16.4 Å². The number of nitrogens with two attached hydrogens (primary N) is 1.